The molecule has 0 atom stereocenters. The second-order valence-corrected chi connectivity index (χ2v) is 6.14. The minimum absolute atomic E-state index is 0.0760. The number of benzene rings is 1. The van der Waals surface area contributed by atoms with Crippen molar-refractivity contribution in [3.05, 3.63) is 30.4 Å². The zero-order chi connectivity index (χ0) is 13.9. The first-order valence-electron chi connectivity index (χ1n) is 5.33. The molecule has 0 aliphatic rings. The molecular weight excluding hydrogens is 252 g/mol. The predicted octanol–water partition coefficient (Wildman–Crippen LogP) is 1.47. The highest BCUT2D eigenvalue weighted by molar-refractivity contribution is 7.89. The zero-order valence-corrected chi connectivity index (χ0v) is 11.6. The second kappa shape index (κ2) is 5.41. The third-order valence-corrected chi connectivity index (χ3v) is 4.28. The van der Waals surface area contributed by atoms with Gasteiger partial charge in [0.15, 0.2) is 0 Å². The van der Waals surface area contributed by atoms with E-state index in [9.17, 15) is 8.42 Å². The van der Waals surface area contributed by atoms with Crippen LogP contribution in [0.4, 0.5) is 5.69 Å². The van der Waals surface area contributed by atoms with Crippen LogP contribution in [-0.2, 0) is 10.0 Å². The summed E-state index contributed by atoms with van der Waals surface area (Å²) in [6, 6.07) is 4.50. The van der Waals surface area contributed by atoms with Gasteiger partial charge in [0.2, 0.25) is 10.0 Å². The molecule has 0 fully saturated rings. The van der Waals surface area contributed by atoms with Crippen molar-refractivity contribution in [2.24, 2.45) is 0 Å². The fourth-order valence-electron chi connectivity index (χ4n) is 1.52. The number of rotatable bonds is 5. The molecule has 0 unspecified atom stereocenters. The molecule has 100 valence electrons. The van der Waals surface area contributed by atoms with Crippen LogP contribution in [0.25, 0.3) is 0 Å². The molecule has 2 N–H and O–H groups in total. The van der Waals surface area contributed by atoms with Gasteiger partial charge in [-0.05, 0) is 19.1 Å². The van der Waals surface area contributed by atoms with Crippen molar-refractivity contribution in [3.63, 3.8) is 0 Å². The first-order chi connectivity index (χ1) is 8.28. The highest BCUT2D eigenvalue weighted by Crippen LogP contribution is 2.26. The highest BCUT2D eigenvalue weighted by atomic mass is 32.2. The van der Waals surface area contributed by atoms with Gasteiger partial charge in [0.05, 0.1) is 12.8 Å². The van der Waals surface area contributed by atoms with Crippen molar-refractivity contribution >= 4 is 15.7 Å². The minimum Gasteiger partial charge on any atom is -0.497 e. The van der Waals surface area contributed by atoms with E-state index in [4.69, 9.17) is 10.5 Å². The summed E-state index contributed by atoms with van der Waals surface area (Å²) in [6.07, 6.45) is 0. The molecule has 18 heavy (non-hydrogen) atoms. The number of hydrogen-bond acceptors (Lipinski definition) is 4. The Kier molecular flexibility index (Phi) is 4.37. The van der Waals surface area contributed by atoms with Crippen LogP contribution in [0.3, 0.4) is 0 Å². The quantitative estimate of drug-likeness (QED) is 0.649. The number of nitrogen functional groups attached to an aromatic ring is 1. The van der Waals surface area contributed by atoms with Crippen LogP contribution in [0.2, 0.25) is 0 Å². The van der Waals surface area contributed by atoms with Crippen LogP contribution in [0.1, 0.15) is 6.92 Å². The summed E-state index contributed by atoms with van der Waals surface area (Å²) in [5.41, 5.74) is 6.67. The highest BCUT2D eigenvalue weighted by Gasteiger charge is 2.23. The summed E-state index contributed by atoms with van der Waals surface area (Å²) in [7, 11) is -0.608. The van der Waals surface area contributed by atoms with Gasteiger partial charge in [0.25, 0.3) is 0 Å². The molecule has 0 radical (unpaired) electrons. The van der Waals surface area contributed by atoms with Crippen molar-refractivity contribution in [3.8, 4) is 5.75 Å². The standard InChI is InChI=1S/C12H18N2O3S/c1-9(2)8-14(3)18(15,16)12-6-5-10(17-4)7-11(12)13/h5-7H,1,8,13H2,2-4H3. The van der Waals surface area contributed by atoms with E-state index in [-0.39, 0.29) is 17.1 Å². The lowest BCUT2D eigenvalue weighted by molar-refractivity contribution is 0.414. The van der Waals surface area contributed by atoms with E-state index in [1.165, 1.54) is 30.6 Å². The number of anilines is 1. The zero-order valence-electron chi connectivity index (χ0n) is 10.8. The molecule has 1 rings (SSSR count). The lowest BCUT2D eigenvalue weighted by atomic mass is 10.3. The van der Waals surface area contributed by atoms with E-state index >= 15 is 0 Å². The summed E-state index contributed by atoms with van der Waals surface area (Å²) < 4.78 is 30.7. The fraction of sp³-hybridized carbons (Fsp3) is 0.333. The molecule has 5 nitrogen and oxygen atoms in total. The summed E-state index contributed by atoms with van der Waals surface area (Å²) in [6.45, 7) is 5.72. The van der Waals surface area contributed by atoms with Gasteiger partial charge in [0, 0.05) is 19.7 Å². The van der Waals surface area contributed by atoms with Gasteiger partial charge in [0.1, 0.15) is 10.6 Å². The monoisotopic (exact) mass is 270 g/mol. The van der Waals surface area contributed by atoms with Gasteiger partial charge in [-0.25, -0.2) is 8.42 Å². The Morgan fingerprint density at radius 2 is 2.11 bits per heavy atom. The maximum atomic E-state index is 12.3. The van der Waals surface area contributed by atoms with Crippen LogP contribution in [-0.4, -0.2) is 33.4 Å². The largest absolute Gasteiger partial charge is 0.497 e. The van der Waals surface area contributed by atoms with Crippen LogP contribution in [0.5, 0.6) is 5.75 Å². The molecule has 0 heterocycles. The number of sulfonamides is 1. The molecule has 0 amide bonds. The topological polar surface area (TPSA) is 72.6 Å². The molecule has 0 spiro atoms. The van der Waals surface area contributed by atoms with Gasteiger partial charge in [-0.15, -0.1) is 0 Å². The summed E-state index contributed by atoms with van der Waals surface area (Å²) >= 11 is 0. The maximum absolute atomic E-state index is 12.3. The van der Waals surface area contributed by atoms with Gasteiger partial charge >= 0.3 is 0 Å². The Bertz CT molecular complexity index is 552. The Morgan fingerprint density at radius 1 is 1.50 bits per heavy atom. The Hall–Kier alpha value is -1.53. The predicted molar refractivity (Wildman–Crippen MR) is 72.0 cm³/mol. The summed E-state index contributed by atoms with van der Waals surface area (Å²) in [5.74, 6) is 0.522. The van der Waals surface area contributed by atoms with Crippen LogP contribution < -0.4 is 10.5 Å². The molecule has 0 aliphatic heterocycles. The SMILES string of the molecule is C=C(C)CN(C)S(=O)(=O)c1ccc(OC)cc1N. The maximum Gasteiger partial charge on any atom is 0.245 e. The minimum atomic E-state index is -3.60. The molecule has 0 saturated carbocycles. The fourth-order valence-corrected chi connectivity index (χ4v) is 2.84. The normalized spacial score (nSPS) is 11.6. The molecule has 6 heteroatoms. The first-order valence-corrected chi connectivity index (χ1v) is 6.77. The third-order valence-electron chi connectivity index (χ3n) is 2.40. The van der Waals surface area contributed by atoms with E-state index in [2.05, 4.69) is 6.58 Å². The van der Waals surface area contributed by atoms with Crippen LogP contribution >= 0.6 is 0 Å². The Balaban J connectivity index is 3.16. The van der Waals surface area contributed by atoms with E-state index in [0.717, 1.165) is 5.57 Å². The Labute approximate surface area is 108 Å². The number of methoxy groups -OCH3 is 1. The molecule has 0 saturated heterocycles. The van der Waals surface area contributed by atoms with Gasteiger partial charge in [-0.1, -0.05) is 12.2 Å². The lowest BCUT2D eigenvalue weighted by Gasteiger charge is -2.18. The molecule has 0 bridgehead atoms. The first kappa shape index (κ1) is 14.5. The summed E-state index contributed by atoms with van der Waals surface area (Å²) in [5, 5.41) is 0. The summed E-state index contributed by atoms with van der Waals surface area (Å²) in [4.78, 5) is 0.0760. The van der Waals surface area contributed by atoms with E-state index in [0.29, 0.717) is 5.75 Å². The number of hydrogen-bond donors (Lipinski definition) is 1. The Morgan fingerprint density at radius 3 is 2.56 bits per heavy atom. The molecule has 1 aromatic rings. The number of nitrogens with two attached hydrogens (primary N) is 1. The van der Waals surface area contributed by atoms with Crippen molar-refractivity contribution in [1.29, 1.82) is 0 Å². The van der Waals surface area contributed by atoms with Crippen molar-refractivity contribution in [1.82, 2.24) is 4.31 Å². The molecular formula is C12H18N2O3S. The van der Waals surface area contributed by atoms with Gasteiger partial charge in [-0.3, -0.25) is 0 Å². The van der Waals surface area contributed by atoms with Gasteiger partial charge in [-0.2, -0.15) is 4.31 Å². The van der Waals surface area contributed by atoms with E-state index in [1.54, 1.807) is 13.0 Å². The molecule has 1 aromatic carbocycles. The van der Waals surface area contributed by atoms with Crippen molar-refractivity contribution in [2.45, 2.75) is 11.8 Å². The van der Waals surface area contributed by atoms with Crippen LogP contribution in [0, 0.1) is 0 Å². The average Bonchev–Trinajstić information content (AvgIpc) is 2.27. The van der Waals surface area contributed by atoms with Crippen LogP contribution in [0.15, 0.2) is 35.2 Å². The average molecular weight is 270 g/mol. The number of likely N-dealkylation sites (N-methyl/N-ethyl adjacent to an activating group) is 1. The third kappa shape index (κ3) is 3.02. The molecule has 0 aliphatic carbocycles. The van der Waals surface area contributed by atoms with Crippen molar-refractivity contribution in [2.75, 3.05) is 26.4 Å². The van der Waals surface area contributed by atoms with Gasteiger partial charge < -0.3 is 10.5 Å². The second-order valence-electron chi connectivity index (χ2n) is 4.12. The number of ether oxygens (including phenoxy) is 1. The van der Waals surface area contributed by atoms with Crippen molar-refractivity contribution < 1.29 is 13.2 Å². The van der Waals surface area contributed by atoms with E-state index < -0.39 is 10.0 Å². The van der Waals surface area contributed by atoms with E-state index in [1.807, 2.05) is 0 Å². The lowest BCUT2D eigenvalue weighted by Crippen LogP contribution is -2.29. The molecule has 0 aromatic heterocycles. The smallest absolute Gasteiger partial charge is 0.245 e. The number of nitrogens with zero attached hydrogens (tertiary/aromatic N) is 1.